The highest BCUT2D eigenvalue weighted by atomic mass is 32.2. The molecule has 1 N–H and O–H groups in total. The van der Waals surface area contributed by atoms with E-state index < -0.39 is 10.0 Å². The smallest absolute Gasteiger partial charge is 0.265 e. The van der Waals surface area contributed by atoms with Crippen LogP contribution in [0.3, 0.4) is 0 Å². The van der Waals surface area contributed by atoms with Crippen LogP contribution in [-0.2, 0) is 22.5 Å². The summed E-state index contributed by atoms with van der Waals surface area (Å²) in [5, 5.41) is 4.30. The standard InChI is InChI=1S/C15H21N3O3S/c1-15(2,3)14-13(10-18(4)16-14)22(19,20)17-11-7-6-8-12(9-11)21-5/h6-10,17H,1-5H3. The summed E-state index contributed by atoms with van der Waals surface area (Å²) < 4.78 is 34.5. The molecule has 0 fully saturated rings. The van der Waals surface area contributed by atoms with Gasteiger partial charge in [0.05, 0.1) is 18.5 Å². The van der Waals surface area contributed by atoms with Crippen molar-refractivity contribution < 1.29 is 13.2 Å². The Kier molecular flexibility index (Phi) is 4.19. The van der Waals surface area contributed by atoms with E-state index in [9.17, 15) is 8.42 Å². The van der Waals surface area contributed by atoms with Crippen LogP contribution in [0.1, 0.15) is 26.5 Å². The maximum atomic E-state index is 12.7. The van der Waals surface area contributed by atoms with E-state index in [2.05, 4.69) is 9.82 Å². The fraction of sp³-hybridized carbons (Fsp3) is 0.400. The van der Waals surface area contributed by atoms with E-state index in [0.717, 1.165) is 0 Å². The molecule has 1 heterocycles. The third-order valence-electron chi connectivity index (χ3n) is 3.12. The Morgan fingerprint density at radius 2 is 1.95 bits per heavy atom. The van der Waals surface area contributed by atoms with Crippen molar-refractivity contribution in [2.45, 2.75) is 31.1 Å². The molecule has 1 aromatic carbocycles. The minimum Gasteiger partial charge on any atom is -0.497 e. The summed E-state index contributed by atoms with van der Waals surface area (Å²) in [4.78, 5) is 0.185. The molecule has 7 heteroatoms. The number of methoxy groups -OCH3 is 1. The number of sulfonamides is 1. The van der Waals surface area contributed by atoms with Crippen LogP contribution in [0.15, 0.2) is 35.4 Å². The largest absolute Gasteiger partial charge is 0.497 e. The maximum absolute atomic E-state index is 12.7. The molecule has 0 radical (unpaired) electrons. The number of benzene rings is 1. The normalized spacial score (nSPS) is 12.2. The number of hydrogen-bond donors (Lipinski definition) is 1. The summed E-state index contributed by atoms with van der Waals surface area (Å²) in [7, 11) is -0.478. The molecule has 0 saturated carbocycles. The topological polar surface area (TPSA) is 73.2 Å². The molecule has 0 atom stereocenters. The first kappa shape index (κ1) is 16.4. The van der Waals surface area contributed by atoms with E-state index in [1.165, 1.54) is 18.0 Å². The average Bonchev–Trinajstić information content (AvgIpc) is 2.81. The summed E-state index contributed by atoms with van der Waals surface area (Å²) in [5.41, 5.74) is 0.605. The van der Waals surface area contributed by atoms with Crippen LogP contribution in [0.5, 0.6) is 5.75 Å². The van der Waals surface area contributed by atoms with E-state index in [1.54, 1.807) is 31.3 Å². The molecule has 0 aliphatic rings. The molecule has 6 nitrogen and oxygen atoms in total. The van der Waals surface area contributed by atoms with Gasteiger partial charge in [0.2, 0.25) is 0 Å². The molecule has 0 amide bonds. The molecule has 120 valence electrons. The van der Waals surface area contributed by atoms with E-state index in [4.69, 9.17) is 4.74 Å². The van der Waals surface area contributed by atoms with Crippen LogP contribution >= 0.6 is 0 Å². The van der Waals surface area contributed by atoms with Crippen molar-refractivity contribution in [2.24, 2.45) is 7.05 Å². The van der Waals surface area contributed by atoms with Gasteiger partial charge < -0.3 is 4.74 Å². The second-order valence-corrected chi connectivity index (χ2v) is 7.75. The average molecular weight is 323 g/mol. The molecule has 0 spiro atoms. The number of ether oxygens (including phenoxy) is 1. The Morgan fingerprint density at radius 3 is 2.55 bits per heavy atom. The number of anilines is 1. The quantitative estimate of drug-likeness (QED) is 0.938. The van der Waals surface area contributed by atoms with Gasteiger partial charge in [-0.2, -0.15) is 5.10 Å². The van der Waals surface area contributed by atoms with Crippen LogP contribution in [0.2, 0.25) is 0 Å². The molecule has 0 saturated heterocycles. The summed E-state index contributed by atoms with van der Waals surface area (Å²) in [6.45, 7) is 5.79. The van der Waals surface area contributed by atoms with Crippen LogP contribution < -0.4 is 9.46 Å². The molecule has 2 rings (SSSR count). The van der Waals surface area contributed by atoms with Crippen LogP contribution in [0, 0.1) is 0 Å². The predicted molar refractivity (Wildman–Crippen MR) is 85.7 cm³/mol. The zero-order chi connectivity index (χ0) is 16.5. The lowest BCUT2D eigenvalue weighted by Gasteiger charge is -2.18. The number of hydrogen-bond acceptors (Lipinski definition) is 4. The van der Waals surface area contributed by atoms with Gasteiger partial charge >= 0.3 is 0 Å². The first-order valence-corrected chi connectivity index (χ1v) is 8.33. The van der Waals surface area contributed by atoms with E-state index >= 15 is 0 Å². The number of nitrogens with one attached hydrogen (secondary N) is 1. The van der Waals surface area contributed by atoms with Crippen molar-refractivity contribution in [3.05, 3.63) is 36.2 Å². The predicted octanol–water partition coefficient (Wildman–Crippen LogP) is 2.53. The number of nitrogens with zero attached hydrogens (tertiary/aromatic N) is 2. The molecule has 0 unspecified atom stereocenters. The highest BCUT2D eigenvalue weighted by Gasteiger charge is 2.29. The van der Waals surface area contributed by atoms with Gasteiger partial charge in [0.15, 0.2) is 0 Å². The molecular weight excluding hydrogens is 302 g/mol. The highest BCUT2D eigenvalue weighted by Crippen LogP contribution is 2.29. The zero-order valence-corrected chi connectivity index (χ0v) is 14.2. The zero-order valence-electron chi connectivity index (χ0n) is 13.4. The fourth-order valence-corrected chi connectivity index (χ4v) is 3.52. The van der Waals surface area contributed by atoms with Crippen LogP contribution in [0.25, 0.3) is 0 Å². The van der Waals surface area contributed by atoms with Crippen molar-refractivity contribution in [3.63, 3.8) is 0 Å². The van der Waals surface area contributed by atoms with E-state index in [1.807, 2.05) is 20.8 Å². The summed E-state index contributed by atoms with van der Waals surface area (Å²) >= 11 is 0. The van der Waals surface area contributed by atoms with Crippen LogP contribution in [0.4, 0.5) is 5.69 Å². The first-order valence-electron chi connectivity index (χ1n) is 6.84. The molecule has 1 aromatic heterocycles. The van der Waals surface area contributed by atoms with Gasteiger partial charge in [-0.05, 0) is 12.1 Å². The van der Waals surface area contributed by atoms with Crippen molar-refractivity contribution >= 4 is 15.7 Å². The van der Waals surface area contributed by atoms with Gasteiger partial charge in [0.1, 0.15) is 10.6 Å². The highest BCUT2D eigenvalue weighted by molar-refractivity contribution is 7.92. The van der Waals surface area contributed by atoms with Gasteiger partial charge in [0.25, 0.3) is 10.0 Å². The first-order chi connectivity index (χ1) is 10.1. The molecule has 22 heavy (non-hydrogen) atoms. The van der Waals surface area contributed by atoms with Crippen LogP contribution in [-0.4, -0.2) is 25.3 Å². The molecule has 0 aliphatic heterocycles. The minimum absolute atomic E-state index is 0.185. The Balaban J connectivity index is 2.43. The number of rotatable bonds is 4. The lowest BCUT2D eigenvalue weighted by atomic mass is 9.92. The number of aromatic nitrogens is 2. The summed E-state index contributed by atoms with van der Waals surface area (Å²) in [6.07, 6.45) is 1.52. The SMILES string of the molecule is COc1cccc(NS(=O)(=O)c2cn(C)nc2C(C)(C)C)c1. The number of aryl methyl sites for hydroxylation is 1. The molecule has 0 bridgehead atoms. The second-order valence-electron chi connectivity index (χ2n) is 6.10. The van der Waals surface area contributed by atoms with Crippen molar-refractivity contribution in [1.82, 2.24) is 9.78 Å². The van der Waals surface area contributed by atoms with Crippen molar-refractivity contribution in [2.75, 3.05) is 11.8 Å². The van der Waals surface area contributed by atoms with Gasteiger partial charge in [-0.3, -0.25) is 9.40 Å². The van der Waals surface area contributed by atoms with Crippen molar-refractivity contribution in [1.29, 1.82) is 0 Å². The van der Waals surface area contributed by atoms with E-state index in [0.29, 0.717) is 17.1 Å². The van der Waals surface area contributed by atoms with E-state index in [-0.39, 0.29) is 10.3 Å². The molecular formula is C15H21N3O3S. The lowest BCUT2D eigenvalue weighted by Crippen LogP contribution is -2.20. The lowest BCUT2D eigenvalue weighted by molar-refractivity contribution is 0.415. The Bertz CT molecular complexity index is 774. The maximum Gasteiger partial charge on any atom is 0.265 e. The summed E-state index contributed by atoms with van der Waals surface area (Å²) in [6, 6.07) is 6.78. The van der Waals surface area contributed by atoms with Crippen molar-refractivity contribution in [3.8, 4) is 5.75 Å². The van der Waals surface area contributed by atoms with Gasteiger partial charge in [0, 0.05) is 24.7 Å². The second kappa shape index (κ2) is 5.64. The Labute approximate surface area is 131 Å². The minimum atomic E-state index is -3.72. The van der Waals surface area contributed by atoms with Gasteiger partial charge in [-0.25, -0.2) is 8.42 Å². The Morgan fingerprint density at radius 1 is 1.27 bits per heavy atom. The Hall–Kier alpha value is -2.02. The third-order valence-corrected chi connectivity index (χ3v) is 4.50. The van der Waals surface area contributed by atoms with Gasteiger partial charge in [-0.1, -0.05) is 26.8 Å². The summed E-state index contributed by atoms with van der Waals surface area (Å²) in [5.74, 6) is 0.586. The fourth-order valence-electron chi connectivity index (χ4n) is 2.08. The van der Waals surface area contributed by atoms with Gasteiger partial charge in [-0.15, -0.1) is 0 Å². The third kappa shape index (κ3) is 3.41. The molecule has 0 aliphatic carbocycles. The molecule has 2 aromatic rings. The monoisotopic (exact) mass is 323 g/mol.